The zero-order chi connectivity index (χ0) is 23.6. The van der Waals surface area contributed by atoms with E-state index in [1.165, 1.54) is 30.5 Å². The molecule has 0 bridgehead atoms. The summed E-state index contributed by atoms with van der Waals surface area (Å²) in [6.45, 7) is 4.28. The van der Waals surface area contributed by atoms with E-state index in [0.717, 1.165) is 37.7 Å². The molecule has 1 spiro atoms. The number of pyridine rings is 1. The number of halogens is 1. The van der Waals surface area contributed by atoms with E-state index in [4.69, 9.17) is 5.41 Å². The van der Waals surface area contributed by atoms with Crippen molar-refractivity contribution in [2.45, 2.75) is 43.4 Å². The molecule has 2 aliphatic rings. The van der Waals surface area contributed by atoms with Crippen molar-refractivity contribution in [3.8, 4) is 0 Å². The fraction of sp³-hybridized carbons (Fsp3) is 0.458. The molecule has 1 aliphatic carbocycles. The highest BCUT2D eigenvalue weighted by Gasteiger charge is 2.52. The molecule has 1 aliphatic heterocycles. The van der Waals surface area contributed by atoms with E-state index in [-0.39, 0.29) is 22.4 Å². The smallest absolute Gasteiger partial charge is 0.274 e. The first-order valence-corrected chi connectivity index (χ1v) is 12.2. The minimum atomic E-state index is -0.478. The lowest BCUT2D eigenvalue weighted by atomic mass is 9.67. The van der Waals surface area contributed by atoms with E-state index >= 15 is 0 Å². The lowest BCUT2D eigenvalue weighted by Gasteiger charge is -2.54. The summed E-state index contributed by atoms with van der Waals surface area (Å²) in [5, 5.41) is 15.0. The Bertz CT molecular complexity index is 1030. The van der Waals surface area contributed by atoms with Crippen LogP contribution >= 0.6 is 11.9 Å². The third kappa shape index (κ3) is 4.84. The van der Waals surface area contributed by atoms with Crippen molar-refractivity contribution in [2.24, 2.45) is 0 Å². The average molecular weight is 471 g/mol. The molecule has 0 unspecified atom stereocenters. The lowest BCUT2D eigenvalue weighted by Crippen LogP contribution is -2.65. The average Bonchev–Trinajstić information content (AvgIpc) is 2.79. The zero-order valence-electron chi connectivity index (χ0n) is 19.3. The Kier molecular flexibility index (Phi) is 6.90. The second-order valence-corrected chi connectivity index (χ2v) is 10.2. The van der Waals surface area contributed by atoms with E-state index in [0.29, 0.717) is 11.6 Å². The Morgan fingerprint density at radius 2 is 2.21 bits per heavy atom. The molecule has 4 rings (SSSR count). The van der Waals surface area contributed by atoms with E-state index < -0.39 is 5.82 Å². The molecule has 176 valence electrons. The van der Waals surface area contributed by atoms with E-state index in [9.17, 15) is 9.18 Å². The van der Waals surface area contributed by atoms with Crippen molar-refractivity contribution < 1.29 is 9.18 Å². The van der Waals surface area contributed by atoms with Crippen LogP contribution in [0.1, 0.15) is 47.8 Å². The molecule has 2 atom stereocenters. The SMILES string of the molecule is CCCCN(C)CC[C@@H]1SN(C)C(=N)N[C@@]12Cc1ccc(NC(=O)c3ccc(F)cn3)cc12. The van der Waals surface area contributed by atoms with Crippen LogP contribution in [0.3, 0.4) is 0 Å². The van der Waals surface area contributed by atoms with Crippen LogP contribution in [0.5, 0.6) is 0 Å². The third-order valence-electron chi connectivity index (χ3n) is 6.44. The molecule has 9 heteroatoms. The first kappa shape index (κ1) is 23.5. The monoisotopic (exact) mass is 470 g/mol. The van der Waals surface area contributed by atoms with Crippen LogP contribution < -0.4 is 10.6 Å². The number of nitrogens with zero attached hydrogens (tertiary/aromatic N) is 3. The normalized spacial score (nSPS) is 21.5. The predicted octanol–water partition coefficient (Wildman–Crippen LogP) is 3.83. The van der Waals surface area contributed by atoms with Crippen molar-refractivity contribution in [1.29, 1.82) is 5.41 Å². The number of nitrogens with one attached hydrogen (secondary N) is 3. The second-order valence-electron chi connectivity index (χ2n) is 8.85. The van der Waals surface area contributed by atoms with Crippen molar-refractivity contribution in [2.75, 3.05) is 32.5 Å². The van der Waals surface area contributed by atoms with E-state index in [1.54, 1.807) is 11.9 Å². The third-order valence-corrected chi connectivity index (χ3v) is 7.83. The molecule has 1 aromatic carbocycles. The zero-order valence-corrected chi connectivity index (χ0v) is 20.1. The molecule has 1 amide bonds. The second kappa shape index (κ2) is 9.69. The number of hydrogen-bond acceptors (Lipinski definition) is 5. The molecule has 33 heavy (non-hydrogen) atoms. The van der Waals surface area contributed by atoms with Crippen molar-refractivity contribution >= 4 is 29.5 Å². The van der Waals surface area contributed by atoms with Gasteiger partial charge in [-0.2, -0.15) is 0 Å². The summed E-state index contributed by atoms with van der Waals surface area (Å²) in [7, 11) is 4.09. The van der Waals surface area contributed by atoms with Gasteiger partial charge in [0.15, 0.2) is 0 Å². The number of guanidine groups is 1. The maximum atomic E-state index is 13.1. The van der Waals surface area contributed by atoms with Crippen LogP contribution in [0.4, 0.5) is 10.1 Å². The lowest BCUT2D eigenvalue weighted by molar-refractivity contribution is 0.102. The summed E-state index contributed by atoms with van der Waals surface area (Å²) in [6.07, 6.45) is 5.25. The highest BCUT2D eigenvalue weighted by Crippen LogP contribution is 2.50. The summed E-state index contributed by atoms with van der Waals surface area (Å²) in [5.74, 6) is -0.462. The van der Waals surface area contributed by atoms with Gasteiger partial charge in [0.1, 0.15) is 11.5 Å². The molecule has 1 saturated heterocycles. The quantitative estimate of drug-likeness (QED) is 0.509. The van der Waals surface area contributed by atoms with Gasteiger partial charge in [0.05, 0.1) is 17.0 Å². The molecular weight excluding hydrogens is 439 g/mol. The number of benzene rings is 1. The summed E-state index contributed by atoms with van der Waals surface area (Å²) >= 11 is 1.71. The van der Waals surface area contributed by atoms with Crippen LogP contribution in [0.15, 0.2) is 36.5 Å². The van der Waals surface area contributed by atoms with Crippen LogP contribution in [0.25, 0.3) is 0 Å². The topological polar surface area (TPSA) is 84.4 Å². The van der Waals surface area contributed by atoms with Crippen molar-refractivity contribution in [1.82, 2.24) is 19.5 Å². The van der Waals surface area contributed by atoms with Crippen LogP contribution in [0.2, 0.25) is 0 Å². The van der Waals surface area contributed by atoms with Gasteiger partial charge in [0, 0.05) is 19.2 Å². The summed E-state index contributed by atoms with van der Waals surface area (Å²) in [6, 6.07) is 8.51. The van der Waals surface area contributed by atoms with Gasteiger partial charge in [0.2, 0.25) is 5.96 Å². The first-order chi connectivity index (χ1) is 15.8. The van der Waals surface area contributed by atoms with E-state index in [1.807, 2.05) is 29.6 Å². The fourth-order valence-electron chi connectivity index (χ4n) is 4.50. The number of carbonyl (C=O) groups is 1. The summed E-state index contributed by atoms with van der Waals surface area (Å²) in [4.78, 5) is 18.8. The van der Waals surface area contributed by atoms with Gasteiger partial charge in [-0.1, -0.05) is 19.4 Å². The fourth-order valence-corrected chi connectivity index (χ4v) is 5.69. The molecule has 1 aromatic heterocycles. The van der Waals surface area contributed by atoms with Crippen LogP contribution in [-0.2, 0) is 12.0 Å². The van der Waals surface area contributed by atoms with Gasteiger partial charge in [-0.15, -0.1) is 0 Å². The maximum Gasteiger partial charge on any atom is 0.274 e. The Morgan fingerprint density at radius 3 is 2.94 bits per heavy atom. The Morgan fingerprint density at radius 1 is 1.39 bits per heavy atom. The van der Waals surface area contributed by atoms with Gasteiger partial charge in [-0.3, -0.25) is 14.5 Å². The number of rotatable bonds is 8. The van der Waals surface area contributed by atoms with Gasteiger partial charge >= 0.3 is 0 Å². The largest absolute Gasteiger partial charge is 0.345 e. The molecular formula is C24H31FN6OS. The molecule has 1 fully saturated rings. The van der Waals surface area contributed by atoms with Gasteiger partial charge < -0.3 is 15.5 Å². The minimum Gasteiger partial charge on any atom is -0.345 e. The standard InChI is InChI=1S/C24H31FN6OS/c1-4-5-11-30(2)12-10-21-24(29-23(26)31(3)33-21)14-16-6-8-18(13-19(16)24)28-22(32)20-9-7-17(25)15-27-20/h6-9,13,15,21H,4-5,10-12,14H2,1-3H3,(H2,26,29)(H,28,32)/t21-,24+/m0/s1. The number of amides is 1. The Labute approximate surface area is 198 Å². The number of fused-ring (bicyclic) bond motifs is 2. The number of aromatic nitrogens is 1. The number of unbranched alkanes of at least 4 members (excludes halogenated alkanes) is 1. The van der Waals surface area contributed by atoms with Gasteiger partial charge in [-0.25, -0.2) is 9.37 Å². The van der Waals surface area contributed by atoms with E-state index in [2.05, 4.69) is 34.5 Å². The van der Waals surface area contributed by atoms with Crippen LogP contribution in [-0.4, -0.2) is 58.5 Å². The van der Waals surface area contributed by atoms with Crippen molar-refractivity contribution in [3.05, 3.63) is 59.2 Å². The molecule has 3 N–H and O–H groups in total. The van der Waals surface area contributed by atoms with Crippen LogP contribution in [0, 0.1) is 11.2 Å². The Hall–Kier alpha value is -2.65. The summed E-state index contributed by atoms with van der Waals surface area (Å²) in [5.41, 5.74) is 2.85. The molecule has 0 saturated carbocycles. The van der Waals surface area contributed by atoms with Gasteiger partial charge in [-0.05, 0) is 80.3 Å². The first-order valence-electron chi connectivity index (χ1n) is 11.3. The Balaban J connectivity index is 1.53. The predicted molar refractivity (Wildman–Crippen MR) is 131 cm³/mol. The molecule has 0 radical (unpaired) electrons. The summed E-state index contributed by atoms with van der Waals surface area (Å²) < 4.78 is 15.0. The highest BCUT2D eigenvalue weighted by molar-refractivity contribution is 7.98. The van der Waals surface area contributed by atoms with Gasteiger partial charge in [0.25, 0.3) is 5.91 Å². The molecule has 2 aromatic rings. The molecule has 2 heterocycles. The number of carbonyl (C=O) groups excluding carboxylic acids is 1. The highest BCUT2D eigenvalue weighted by atomic mass is 32.2. The molecule has 7 nitrogen and oxygen atoms in total. The number of anilines is 1. The number of hydrogen-bond donors (Lipinski definition) is 3. The minimum absolute atomic E-state index is 0.163. The maximum absolute atomic E-state index is 13.1. The van der Waals surface area contributed by atoms with Crippen molar-refractivity contribution in [3.63, 3.8) is 0 Å².